The molecule has 0 saturated heterocycles. The van der Waals surface area contributed by atoms with Gasteiger partial charge < -0.3 is 14.5 Å². The molecule has 0 bridgehead atoms. The Labute approximate surface area is 176 Å². The summed E-state index contributed by atoms with van der Waals surface area (Å²) < 4.78 is 25.9. The summed E-state index contributed by atoms with van der Waals surface area (Å²) in [5.74, 6) is 1.08. The Morgan fingerprint density at radius 2 is 1.90 bits per heavy atom. The first-order valence-electron chi connectivity index (χ1n) is 9.09. The van der Waals surface area contributed by atoms with Crippen LogP contribution in [0.4, 0.5) is 10.1 Å². The summed E-state index contributed by atoms with van der Waals surface area (Å²) in [5, 5.41) is 6.59. The Morgan fingerprint density at radius 1 is 1.07 bits per heavy atom. The van der Waals surface area contributed by atoms with Crippen molar-refractivity contribution in [2.24, 2.45) is 10.1 Å². The molecule has 0 amide bonds. The lowest BCUT2D eigenvalue weighted by molar-refractivity contribution is 0.404. The molecule has 2 aromatic carbocycles. The number of hydrogen-bond acceptors (Lipinski definition) is 5. The number of halogens is 1. The minimum atomic E-state index is -0.306. The zero-order valence-corrected chi connectivity index (χ0v) is 17.2. The number of ether oxygens (including phenoxy) is 2. The molecule has 4 aromatic rings. The normalized spacial score (nSPS) is 11.9. The van der Waals surface area contributed by atoms with Gasteiger partial charge in [-0.05, 0) is 54.6 Å². The average molecular weight is 422 g/mol. The molecule has 8 heteroatoms. The summed E-state index contributed by atoms with van der Waals surface area (Å²) in [5.41, 5.74) is 3.09. The van der Waals surface area contributed by atoms with Crippen LogP contribution in [0.1, 0.15) is 5.69 Å². The van der Waals surface area contributed by atoms with Crippen LogP contribution in [0.25, 0.3) is 11.3 Å². The topological polar surface area (TPSA) is 63.9 Å². The maximum Gasteiger partial charge on any atom is 0.211 e. The van der Waals surface area contributed by atoms with Crippen molar-refractivity contribution in [2.45, 2.75) is 0 Å². The zero-order chi connectivity index (χ0) is 20.9. The SMILES string of the molecule is COc1ccc(OC)c(-c2csc(=Nc3ccc(F)cc3)n2N=Cc2ccc[nH]2)c1. The third-order valence-electron chi connectivity index (χ3n) is 4.35. The van der Waals surface area contributed by atoms with E-state index < -0.39 is 0 Å². The lowest BCUT2D eigenvalue weighted by Crippen LogP contribution is -2.12. The molecule has 30 heavy (non-hydrogen) atoms. The summed E-state index contributed by atoms with van der Waals surface area (Å²) in [7, 11) is 3.24. The van der Waals surface area contributed by atoms with E-state index in [9.17, 15) is 4.39 Å². The van der Waals surface area contributed by atoms with Crippen molar-refractivity contribution in [1.82, 2.24) is 9.66 Å². The van der Waals surface area contributed by atoms with Crippen LogP contribution in [-0.2, 0) is 0 Å². The lowest BCUT2D eigenvalue weighted by atomic mass is 10.1. The number of nitrogens with one attached hydrogen (secondary N) is 1. The molecule has 0 saturated carbocycles. The molecule has 1 N–H and O–H groups in total. The second-order valence-corrected chi connectivity index (χ2v) is 7.08. The molecule has 2 heterocycles. The van der Waals surface area contributed by atoms with Crippen molar-refractivity contribution < 1.29 is 13.9 Å². The van der Waals surface area contributed by atoms with Crippen molar-refractivity contribution in [1.29, 1.82) is 0 Å². The van der Waals surface area contributed by atoms with E-state index in [2.05, 4.69) is 15.1 Å². The fraction of sp³-hybridized carbons (Fsp3) is 0.0909. The highest BCUT2D eigenvalue weighted by Crippen LogP contribution is 2.33. The number of nitrogens with zero attached hydrogens (tertiary/aromatic N) is 3. The molecule has 0 radical (unpaired) electrons. The predicted molar refractivity (Wildman–Crippen MR) is 116 cm³/mol. The molecule has 6 nitrogen and oxygen atoms in total. The van der Waals surface area contributed by atoms with E-state index >= 15 is 0 Å². The van der Waals surface area contributed by atoms with E-state index in [0.29, 0.717) is 22.0 Å². The average Bonchev–Trinajstić information content (AvgIpc) is 3.43. The van der Waals surface area contributed by atoms with Crippen molar-refractivity contribution in [3.8, 4) is 22.8 Å². The Kier molecular flexibility index (Phi) is 5.76. The molecule has 0 aliphatic carbocycles. The van der Waals surface area contributed by atoms with Gasteiger partial charge in [0.05, 0.1) is 37.5 Å². The first-order valence-corrected chi connectivity index (χ1v) is 9.97. The van der Waals surface area contributed by atoms with Crippen molar-refractivity contribution in [2.75, 3.05) is 14.2 Å². The van der Waals surface area contributed by atoms with E-state index in [4.69, 9.17) is 9.47 Å². The third kappa shape index (κ3) is 4.18. The van der Waals surface area contributed by atoms with Crippen LogP contribution in [0.5, 0.6) is 11.5 Å². The van der Waals surface area contributed by atoms with Gasteiger partial charge in [0, 0.05) is 17.1 Å². The van der Waals surface area contributed by atoms with Gasteiger partial charge in [-0.1, -0.05) is 0 Å². The summed E-state index contributed by atoms with van der Waals surface area (Å²) in [6.07, 6.45) is 3.54. The summed E-state index contributed by atoms with van der Waals surface area (Å²) in [4.78, 5) is 8.37. The van der Waals surface area contributed by atoms with Gasteiger partial charge in [-0.3, -0.25) is 0 Å². The van der Waals surface area contributed by atoms with Crippen LogP contribution in [0.3, 0.4) is 0 Å². The van der Waals surface area contributed by atoms with E-state index in [1.165, 1.54) is 23.5 Å². The second-order valence-electron chi connectivity index (χ2n) is 6.24. The van der Waals surface area contributed by atoms with Crippen LogP contribution in [0, 0.1) is 5.82 Å². The number of thiazole rings is 1. The molecule has 0 aliphatic rings. The van der Waals surface area contributed by atoms with Gasteiger partial charge in [0.25, 0.3) is 0 Å². The number of hydrogen-bond donors (Lipinski definition) is 1. The number of methoxy groups -OCH3 is 2. The van der Waals surface area contributed by atoms with Crippen LogP contribution in [-0.4, -0.2) is 30.1 Å². The molecule has 0 aliphatic heterocycles. The van der Waals surface area contributed by atoms with Gasteiger partial charge in [0.2, 0.25) is 4.80 Å². The monoisotopic (exact) mass is 422 g/mol. The van der Waals surface area contributed by atoms with E-state index in [0.717, 1.165) is 17.0 Å². The van der Waals surface area contributed by atoms with Crippen LogP contribution >= 0.6 is 11.3 Å². The highest BCUT2D eigenvalue weighted by Gasteiger charge is 2.14. The maximum absolute atomic E-state index is 13.3. The number of H-pyrrole nitrogens is 1. The minimum Gasteiger partial charge on any atom is -0.497 e. The molecule has 0 spiro atoms. The van der Waals surface area contributed by atoms with Crippen LogP contribution in [0.2, 0.25) is 0 Å². The highest BCUT2D eigenvalue weighted by molar-refractivity contribution is 7.07. The van der Waals surface area contributed by atoms with Gasteiger partial charge in [-0.15, -0.1) is 11.3 Å². The minimum absolute atomic E-state index is 0.306. The van der Waals surface area contributed by atoms with E-state index in [-0.39, 0.29) is 5.82 Å². The summed E-state index contributed by atoms with van der Waals surface area (Å²) in [6.45, 7) is 0. The van der Waals surface area contributed by atoms with Crippen molar-refractivity contribution >= 4 is 23.2 Å². The molecular weight excluding hydrogens is 403 g/mol. The Bertz CT molecular complexity index is 1230. The Hall–Kier alpha value is -3.65. The fourth-order valence-corrected chi connectivity index (χ4v) is 3.71. The largest absolute Gasteiger partial charge is 0.497 e. The molecule has 0 atom stereocenters. The molecule has 0 unspecified atom stereocenters. The lowest BCUT2D eigenvalue weighted by Gasteiger charge is -2.11. The molecular formula is C22H19FN4O2S. The van der Waals surface area contributed by atoms with Gasteiger partial charge in [-0.2, -0.15) is 5.10 Å². The third-order valence-corrected chi connectivity index (χ3v) is 5.17. The van der Waals surface area contributed by atoms with Crippen LogP contribution < -0.4 is 14.3 Å². The van der Waals surface area contributed by atoms with Gasteiger partial charge >= 0.3 is 0 Å². The molecule has 0 fully saturated rings. The second kappa shape index (κ2) is 8.79. The van der Waals surface area contributed by atoms with Crippen molar-refractivity contribution in [3.63, 3.8) is 0 Å². The number of aromatic amines is 1. The van der Waals surface area contributed by atoms with E-state index in [1.54, 1.807) is 37.2 Å². The van der Waals surface area contributed by atoms with Gasteiger partial charge in [0.1, 0.15) is 17.3 Å². The molecule has 4 rings (SSSR count). The first kappa shape index (κ1) is 19.7. The summed E-state index contributed by atoms with van der Waals surface area (Å²) >= 11 is 1.42. The number of rotatable bonds is 6. The number of benzene rings is 2. The number of aromatic nitrogens is 2. The van der Waals surface area contributed by atoms with Crippen molar-refractivity contribution in [3.05, 3.63) is 82.5 Å². The smallest absolute Gasteiger partial charge is 0.211 e. The first-order chi connectivity index (χ1) is 14.7. The van der Waals surface area contributed by atoms with Gasteiger partial charge in [-0.25, -0.2) is 14.1 Å². The maximum atomic E-state index is 13.3. The molecule has 2 aromatic heterocycles. The Morgan fingerprint density at radius 3 is 2.60 bits per heavy atom. The predicted octanol–water partition coefficient (Wildman–Crippen LogP) is 4.82. The Balaban J connectivity index is 1.89. The van der Waals surface area contributed by atoms with Gasteiger partial charge in [0.15, 0.2) is 0 Å². The highest BCUT2D eigenvalue weighted by atomic mass is 32.1. The quantitative estimate of drug-likeness (QED) is 0.453. The zero-order valence-electron chi connectivity index (χ0n) is 16.4. The van der Waals surface area contributed by atoms with Crippen LogP contribution in [0.15, 0.2) is 76.3 Å². The summed E-state index contributed by atoms with van der Waals surface area (Å²) in [6, 6.07) is 15.4. The standard InChI is InChI=1S/C22H19FN4O2S/c1-28-18-9-10-21(29-2)19(12-18)20-14-30-22(26-16-7-5-15(23)6-8-16)27(20)25-13-17-4-3-11-24-17/h3-14,24H,1-2H3. The fourth-order valence-electron chi connectivity index (χ4n) is 2.86. The van der Waals surface area contributed by atoms with E-state index in [1.807, 2.05) is 41.9 Å². The molecule has 152 valence electrons.